The van der Waals surface area contributed by atoms with E-state index in [1.807, 2.05) is 12.3 Å². The Hall–Kier alpha value is -2.35. The number of nitrogens with one attached hydrogen (secondary N) is 1. The molecule has 1 heterocycles. The van der Waals surface area contributed by atoms with Gasteiger partial charge in [0.05, 0.1) is 5.69 Å². The number of benzene rings is 2. The van der Waals surface area contributed by atoms with Crippen molar-refractivity contribution in [3.63, 3.8) is 0 Å². The second-order valence-corrected chi connectivity index (χ2v) is 5.51. The fourth-order valence-corrected chi connectivity index (χ4v) is 2.68. The van der Waals surface area contributed by atoms with Crippen molar-refractivity contribution < 1.29 is 0 Å². The van der Waals surface area contributed by atoms with Crippen molar-refractivity contribution in [3.05, 3.63) is 71.8 Å². The zero-order chi connectivity index (χ0) is 14.0. The minimum Gasteiger partial charge on any atom is -0.278 e. The van der Waals surface area contributed by atoms with Crippen molar-refractivity contribution >= 4 is 17.5 Å². The summed E-state index contributed by atoms with van der Waals surface area (Å²) in [7, 11) is 0. The van der Waals surface area contributed by atoms with Gasteiger partial charge >= 0.3 is 0 Å². The van der Waals surface area contributed by atoms with Crippen molar-refractivity contribution in [3.8, 4) is 0 Å². The van der Waals surface area contributed by atoms with Crippen LogP contribution >= 0.6 is 0 Å². The summed E-state index contributed by atoms with van der Waals surface area (Å²) in [5.74, 6) is 0. The van der Waals surface area contributed by atoms with E-state index in [0.29, 0.717) is 0 Å². The summed E-state index contributed by atoms with van der Waals surface area (Å²) in [5, 5.41) is 4.22. The highest BCUT2D eigenvalue weighted by Gasteiger charge is 2.28. The van der Waals surface area contributed by atoms with Gasteiger partial charge in [-0.05, 0) is 23.3 Å². The van der Waals surface area contributed by atoms with E-state index < -0.39 is 0 Å². The standard InChI is InChI=1S/C18H18N2/c1-18(2,14-8-4-3-5-9-14)16-12-13-19-20-17-11-7-6-10-15(16)17/h3-13,20H,1-2H3. The largest absolute Gasteiger partial charge is 0.278 e. The number of nitrogens with zero attached hydrogens (tertiary/aromatic N) is 1. The van der Waals surface area contributed by atoms with E-state index in [9.17, 15) is 0 Å². The van der Waals surface area contributed by atoms with E-state index in [0.717, 1.165) is 5.69 Å². The maximum absolute atomic E-state index is 4.22. The summed E-state index contributed by atoms with van der Waals surface area (Å²) in [6.07, 6.45) is 3.94. The lowest BCUT2D eigenvalue weighted by atomic mass is 9.74. The first-order valence-corrected chi connectivity index (χ1v) is 6.84. The van der Waals surface area contributed by atoms with E-state index in [-0.39, 0.29) is 5.41 Å². The minimum atomic E-state index is -0.0740. The Kier molecular flexibility index (Phi) is 3.15. The molecule has 0 spiro atoms. The summed E-state index contributed by atoms with van der Waals surface area (Å²) in [5.41, 5.74) is 7.86. The Labute approximate surface area is 119 Å². The van der Waals surface area contributed by atoms with Crippen molar-refractivity contribution in [1.29, 1.82) is 0 Å². The van der Waals surface area contributed by atoms with E-state index in [4.69, 9.17) is 0 Å². The third-order valence-corrected chi connectivity index (χ3v) is 3.89. The molecule has 0 radical (unpaired) electrons. The number of anilines is 1. The first-order chi connectivity index (χ1) is 9.69. The number of allylic oxidation sites excluding steroid dienone is 2. The van der Waals surface area contributed by atoms with Crippen molar-refractivity contribution in [2.75, 3.05) is 5.43 Å². The molecule has 2 nitrogen and oxygen atoms in total. The van der Waals surface area contributed by atoms with Gasteiger partial charge in [-0.25, -0.2) is 0 Å². The highest BCUT2D eigenvalue weighted by atomic mass is 15.3. The Balaban J connectivity index is 2.14. The van der Waals surface area contributed by atoms with Gasteiger partial charge in [0.2, 0.25) is 0 Å². The van der Waals surface area contributed by atoms with Crippen LogP contribution < -0.4 is 5.43 Å². The molecule has 0 aromatic heterocycles. The molecular formula is C18H18N2. The number of fused-ring (bicyclic) bond motifs is 1. The normalized spacial score (nSPS) is 14.0. The maximum atomic E-state index is 4.22. The highest BCUT2D eigenvalue weighted by Crippen LogP contribution is 2.40. The summed E-state index contributed by atoms with van der Waals surface area (Å²) in [4.78, 5) is 0. The molecule has 2 heteroatoms. The molecule has 0 bridgehead atoms. The van der Waals surface area contributed by atoms with Crippen molar-refractivity contribution in [1.82, 2.24) is 0 Å². The van der Waals surface area contributed by atoms with Gasteiger partial charge < -0.3 is 0 Å². The Morgan fingerprint density at radius 1 is 0.900 bits per heavy atom. The molecular weight excluding hydrogens is 244 g/mol. The van der Waals surface area contributed by atoms with Crippen molar-refractivity contribution in [2.45, 2.75) is 19.3 Å². The van der Waals surface area contributed by atoms with Gasteiger partial charge in [0, 0.05) is 17.2 Å². The lowest BCUT2D eigenvalue weighted by Gasteiger charge is -2.29. The minimum absolute atomic E-state index is 0.0740. The molecule has 0 amide bonds. The van der Waals surface area contributed by atoms with Crippen LogP contribution in [0.15, 0.2) is 65.8 Å². The summed E-state index contributed by atoms with van der Waals surface area (Å²) >= 11 is 0. The maximum Gasteiger partial charge on any atom is 0.0637 e. The molecule has 2 aromatic rings. The molecule has 0 saturated carbocycles. The van der Waals surface area contributed by atoms with Crippen LogP contribution in [0.4, 0.5) is 5.69 Å². The summed E-state index contributed by atoms with van der Waals surface area (Å²) < 4.78 is 0. The van der Waals surface area contributed by atoms with Crippen molar-refractivity contribution in [2.24, 2.45) is 5.10 Å². The molecule has 1 N–H and O–H groups in total. The predicted octanol–water partition coefficient (Wildman–Crippen LogP) is 4.46. The zero-order valence-corrected chi connectivity index (χ0v) is 11.8. The lowest BCUT2D eigenvalue weighted by Crippen LogP contribution is -2.19. The lowest BCUT2D eigenvalue weighted by molar-refractivity contribution is 0.693. The van der Waals surface area contributed by atoms with Gasteiger partial charge in [-0.1, -0.05) is 62.4 Å². The summed E-state index contributed by atoms with van der Waals surface area (Å²) in [6, 6.07) is 18.9. The van der Waals surface area contributed by atoms with Crippen LogP contribution in [0, 0.1) is 0 Å². The van der Waals surface area contributed by atoms with E-state index in [1.165, 1.54) is 16.7 Å². The number of rotatable bonds is 2. The molecule has 100 valence electrons. The van der Waals surface area contributed by atoms with Crippen LogP contribution in [-0.4, -0.2) is 6.21 Å². The van der Waals surface area contributed by atoms with Gasteiger partial charge in [0.15, 0.2) is 0 Å². The molecule has 0 fully saturated rings. The molecule has 0 aliphatic carbocycles. The number of hydrogen-bond donors (Lipinski definition) is 1. The molecule has 1 aliphatic heterocycles. The predicted molar refractivity (Wildman–Crippen MR) is 86.0 cm³/mol. The van der Waals surface area contributed by atoms with E-state index >= 15 is 0 Å². The van der Waals surface area contributed by atoms with Crippen LogP contribution in [0.2, 0.25) is 0 Å². The van der Waals surface area contributed by atoms with Crippen LogP contribution in [0.25, 0.3) is 5.57 Å². The Morgan fingerprint density at radius 2 is 1.60 bits per heavy atom. The number of hydrazone groups is 1. The average molecular weight is 262 g/mol. The number of para-hydroxylation sites is 1. The van der Waals surface area contributed by atoms with Crippen LogP contribution in [0.1, 0.15) is 25.0 Å². The van der Waals surface area contributed by atoms with Crippen LogP contribution in [0.5, 0.6) is 0 Å². The monoisotopic (exact) mass is 262 g/mol. The molecule has 3 rings (SSSR count). The molecule has 0 unspecified atom stereocenters. The van der Waals surface area contributed by atoms with Gasteiger partial charge in [-0.3, -0.25) is 5.43 Å². The van der Waals surface area contributed by atoms with Gasteiger partial charge in [-0.2, -0.15) is 5.10 Å². The first kappa shape index (κ1) is 12.7. The first-order valence-electron chi connectivity index (χ1n) is 6.84. The summed E-state index contributed by atoms with van der Waals surface area (Å²) in [6.45, 7) is 4.51. The fourth-order valence-electron chi connectivity index (χ4n) is 2.68. The highest BCUT2D eigenvalue weighted by molar-refractivity contribution is 5.93. The molecule has 0 saturated heterocycles. The molecule has 1 aliphatic rings. The molecule has 0 atom stereocenters. The third kappa shape index (κ3) is 2.14. The average Bonchev–Trinajstić information content (AvgIpc) is 2.71. The smallest absolute Gasteiger partial charge is 0.0637 e. The van der Waals surface area contributed by atoms with E-state index in [2.05, 4.69) is 79.0 Å². The van der Waals surface area contributed by atoms with Crippen LogP contribution in [0.3, 0.4) is 0 Å². The SMILES string of the molecule is CC(C)(C1=CC=NNc2ccccc21)c1ccccc1. The second kappa shape index (κ2) is 4.97. The van der Waals surface area contributed by atoms with Gasteiger partial charge in [0.1, 0.15) is 0 Å². The Morgan fingerprint density at radius 3 is 2.40 bits per heavy atom. The topological polar surface area (TPSA) is 24.4 Å². The number of hydrogen-bond acceptors (Lipinski definition) is 2. The molecule has 20 heavy (non-hydrogen) atoms. The van der Waals surface area contributed by atoms with E-state index in [1.54, 1.807) is 0 Å². The van der Waals surface area contributed by atoms with Gasteiger partial charge in [-0.15, -0.1) is 0 Å². The zero-order valence-electron chi connectivity index (χ0n) is 11.8. The second-order valence-electron chi connectivity index (χ2n) is 5.51. The molecule has 2 aromatic carbocycles. The van der Waals surface area contributed by atoms with Gasteiger partial charge in [0.25, 0.3) is 0 Å². The Bertz CT molecular complexity index is 667. The third-order valence-electron chi connectivity index (χ3n) is 3.89. The quantitative estimate of drug-likeness (QED) is 0.849. The fraction of sp³-hybridized carbons (Fsp3) is 0.167. The van der Waals surface area contributed by atoms with Crippen LogP contribution in [-0.2, 0) is 5.41 Å².